The molecule has 2 aliphatic carbocycles. The molecule has 3 aliphatic rings. The number of aliphatic hydroxyl groups is 3. The van der Waals surface area contributed by atoms with E-state index in [1.165, 1.54) is 25.7 Å². The zero-order valence-corrected chi connectivity index (χ0v) is 40.0. The van der Waals surface area contributed by atoms with Crippen LogP contribution in [0.2, 0.25) is 0 Å². The smallest absolute Gasteiger partial charge is 0.328 e. The van der Waals surface area contributed by atoms with Crippen LogP contribution in [0, 0.1) is 11.8 Å². The molecule has 3 aromatic rings. The highest BCUT2D eigenvalue weighted by Gasteiger charge is 2.42. The van der Waals surface area contributed by atoms with Crippen molar-refractivity contribution in [3.8, 4) is 0 Å². The van der Waals surface area contributed by atoms with Gasteiger partial charge in [-0.1, -0.05) is 130 Å². The third-order valence-corrected chi connectivity index (χ3v) is 9.99. The summed E-state index contributed by atoms with van der Waals surface area (Å²) in [6.45, 7) is 11.7. The second-order valence-corrected chi connectivity index (χ2v) is 15.4. The van der Waals surface area contributed by atoms with Gasteiger partial charge in [-0.25, -0.2) is 4.79 Å². The van der Waals surface area contributed by atoms with E-state index in [0.29, 0.717) is 12.3 Å². The lowest BCUT2D eigenvalue weighted by Crippen LogP contribution is -2.40. The highest BCUT2D eigenvalue weighted by Crippen LogP contribution is 2.44. The molecule has 3 aromatic carbocycles. The van der Waals surface area contributed by atoms with Crippen LogP contribution in [0.4, 0.5) is 0 Å². The Labute approximate surface area is 383 Å². The minimum absolute atomic E-state index is 0. The summed E-state index contributed by atoms with van der Waals surface area (Å²) >= 11 is 0. The van der Waals surface area contributed by atoms with Gasteiger partial charge < -0.3 is 29.9 Å². The van der Waals surface area contributed by atoms with E-state index in [1.54, 1.807) is 13.0 Å². The molecule has 3 fully saturated rings. The lowest BCUT2D eigenvalue weighted by Gasteiger charge is -2.40. The fraction of sp³-hybridized carbons (Fsp3) is 0.532. The zero-order valence-electron chi connectivity index (χ0n) is 36.0. The van der Waals surface area contributed by atoms with Gasteiger partial charge >= 0.3 is 11.9 Å². The molecule has 0 aromatic heterocycles. The maximum absolute atomic E-state index is 12.1. The number of carbonyl (C=O) groups is 2. The molecular weight excluding hydrogens is 821 g/mol. The van der Waals surface area contributed by atoms with Gasteiger partial charge in [0, 0.05) is 31.8 Å². The van der Waals surface area contributed by atoms with Crippen LogP contribution in [-0.2, 0) is 30.3 Å². The summed E-state index contributed by atoms with van der Waals surface area (Å²) in [5.41, 5.74) is 0.978. The molecule has 8 nitrogen and oxygen atoms in total. The maximum Gasteiger partial charge on any atom is 0.328 e. The molecule has 0 bridgehead atoms. The van der Waals surface area contributed by atoms with Crippen LogP contribution in [0.1, 0.15) is 128 Å². The standard InChI is InChI=1S/C18H26O3.C14H20O.C9H8O2.C4H8O.C2H6O.4H2S/c1-17(2,3)21-16(19)13-15-11-7-8-12-18(15,20)14-9-5-4-6-10-14;1-2-12-8-6-7-11-14(12,15)13-9-4-3-5-10-13;10-9(11)7-6-8-4-2-1-3-5-8;1-2-4-5-3-1;1-2-3;;;;/h4-6,9-10,15,20H,7-8,11-13H2,1-3H3;3-5,9-10,12,15H,2,6-8,11H2,1H3;1-7H,(H,10,11);1-4H2;3H,2H2,1H3;4*1H2/b;;7-6+;;;;;;/t15-,18+;12-,14+;;;;;;;/m10......./s1. The average Bonchev–Trinajstić information content (AvgIpc) is 3.77. The molecule has 59 heavy (non-hydrogen) atoms. The number of ether oxygens (including phenoxy) is 2. The molecule has 6 rings (SSSR count). The Bertz CT molecular complexity index is 1500. The van der Waals surface area contributed by atoms with E-state index >= 15 is 0 Å². The number of aliphatic hydroxyl groups excluding tert-OH is 1. The van der Waals surface area contributed by atoms with Gasteiger partial charge in [0.05, 0.1) is 17.6 Å². The molecular formula is C47H76O8S4. The van der Waals surface area contributed by atoms with Crippen LogP contribution in [0.5, 0.6) is 0 Å². The van der Waals surface area contributed by atoms with Crippen molar-refractivity contribution >= 4 is 72.0 Å². The number of hydrogen-bond acceptors (Lipinski definition) is 7. The van der Waals surface area contributed by atoms with Gasteiger partial charge in [0.25, 0.3) is 0 Å². The van der Waals surface area contributed by atoms with Crippen LogP contribution in [-0.4, -0.2) is 57.8 Å². The molecule has 1 saturated heterocycles. The van der Waals surface area contributed by atoms with Gasteiger partial charge in [-0.2, -0.15) is 54.0 Å². The van der Waals surface area contributed by atoms with E-state index in [4.69, 9.17) is 19.7 Å². The van der Waals surface area contributed by atoms with Crippen molar-refractivity contribution < 1.29 is 39.5 Å². The minimum Gasteiger partial charge on any atom is -0.478 e. The first kappa shape index (κ1) is 60.9. The van der Waals surface area contributed by atoms with Gasteiger partial charge in [0.1, 0.15) is 5.60 Å². The summed E-state index contributed by atoms with van der Waals surface area (Å²) < 4.78 is 10.4. The Balaban J connectivity index is -0.000000728. The van der Waals surface area contributed by atoms with Gasteiger partial charge in [0.2, 0.25) is 0 Å². The fourth-order valence-corrected chi connectivity index (χ4v) is 7.31. The zero-order chi connectivity index (χ0) is 40.6. The number of esters is 1. The lowest BCUT2D eigenvalue weighted by atomic mass is 9.70. The molecule has 0 amide bonds. The second kappa shape index (κ2) is 33.2. The van der Waals surface area contributed by atoms with E-state index in [9.17, 15) is 19.8 Å². The van der Waals surface area contributed by atoms with Crippen LogP contribution in [0.15, 0.2) is 97.1 Å². The van der Waals surface area contributed by atoms with Gasteiger partial charge in [-0.3, -0.25) is 4.79 Å². The first-order valence-corrected chi connectivity index (χ1v) is 20.2. The first-order chi connectivity index (χ1) is 26.3. The molecule has 12 heteroatoms. The second-order valence-electron chi connectivity index (χ2n) is 15.4. The van der Waals surface area contributed by atoms with E-state index in [2.05, 4.69) is 19.1 Å². The molecule has 1 heterocycles. The molecule has 2 saturated carbocycles. The van der Waals surface area contributed by atoms with Crippen LogP contribution < -0.4 is 0 Å². The average molecular weight is 897 g/mol. The largest absolute Gasteiger partial charge is 0.478 e. The molecule has 336 valence electrons. The summed E-state index contributed by atoms with van der Waals surface area (Å²) in [4.78, 5) is 22.2. The van der Waals surface area contributed by atoms with Gasteiger partial charge in [0.15, 0.2) is 0 Å². The van der Waals surface area contributed by atoms with Gasteiger partial charge in [-0.15, -0.1) is 0 Å². The van der Waals surface area contributed by atoms with Crippen molar-refractivity contribution in [2.24, 2.45) is 11.8 Å². The number of hydrogen-bond donors (Lipinski definition) is 4. The van der Waals surface area contributed by atoms with Crippen LogP contribution in [0.3, 0.4) is 0 Å². The highest BCUT2D eigenvalue weighted by molar-refractivity contribution is 7.59. The Morgan fingerprint density at radius 2 is 1.10 bits per heavy atom. The predicted octanol–water partition coefficient (Wildman–Crippen LogP) is 10.3. The summed E-state index contributed by atoms with van der Waals surface area (Å²) in [5.74, 6) is -0.769. The monoisotopic (exact) mass is 896 g/mol. The predicted molar refractivity (Wildman–Crippen MR) is 263 cm³/mol. The Morgan fingerprint density at radius 1 is 0.695 bits per heavy atom. The summed E-state index contributed by atoms with van der Waals surface area (Å²) in [5, 5.41) is 37.8. The molecule has 1 aliphatic heterocycles. The Kier molecular flexibility index (Phi) is 34.3. The van der Waals surface area contributed by atoms with Crippen LogP contribution in [0.25, 0.3) is 6.08 Å². The number of carbonyl (C=O) groups excluding carboxylic acids is 1. The number of carboxylic acids is 1. The van der Waals surface area contributed by atoms with E-state index in [0.717, 1.165) is 74.5 Å². The van der Waals surface area contributed by atoms with E-state index in [1.807, 2.05) is 99.6 Å². The van der Waals surface area contributed by atoms with Gasteiger partial charge in [-0.05, 0) is 94.9 Å². The van der Waals surface area contributed by atoms with Crippen LogP contribution >= 0.6 is 54.0 Å². The molecule has 4 atom stereocenters. The number of rotatable bonds is 7. The molecule has 0 spiro atoms. The first-order valence-electron chi connectivity index (χ1n) is 20.2. The normalized spacial score (nSPS) is 21.6. The Hall–Kier alpha value is -2.42. The summed E-state index contributed by atoms with van der Waals surface area (Å²) in [7, 11) is 0. The van der Waals surface area contributed by atoms with Crippen molar-refractivity contribution in [1.29, 1.82) is 0 Å². The SMILES string of the molecule is C1CCOC1.CC(C)(C)OC(=O)C[C@H]1CCCC[C@]1(O)c1ccccc1.CCO.CC[C@H]1CCCC[C@]1(O)c1ccccc1.O=C(O)/C=C/c1ccccc1.S.S.S.S. The summed E-state index contributed by atoms with van der Waals surface area (Å²) in [6, 6.07) is 29.2. The van der Waals surface area contributed by atoms with Crippen molar-refractivity contribution in [3.63, 3.8) is 0 Å². The number of benzene rings is 3. The molecule has 4 N–H and O–H groups in total. The van der Waals surface area contributed by atoms with Crippen molar-refractivity contribution in [2.75, 3.05) is 19.8 Å². The topological polar surface area (TPSA) is 134 Å². The van der Waals surface area contributed by atoms with Crippen molar-refractivity contribution in [2.45, 2.75) is 128 Å². The fourth-order valence-electron chi connectivity index (χ4n) is 7.31. The molecule has 0 radical (unpaired) electrons. The maximum atomic E-state index is 12.1. The van der Waals surface area contributed by atoms with Crippen molar-refractivity contribution in [1.82, 2.24) is 0 Å². The van der Waals surface area contributed by atoms with E-state index in [-0.39, 0.29) is 78.9 Å². The molecule has 0 unspecified atom stereocenters. The highest BCUT2D eigenvalue weighted by atomic mass is 32.1. The number of aliphatic carboxylic acids is 1. The third-order valence-electron chi connectivity index (χ3n) is 9.99. The van der Waals surface area contributed by atoms with Crippen molar-refractivity contribution in [3.05, 3.63) is 114 Å². The van der Waals surface area contributed by atoms with E-state index < -0.39 is 22.8 Å². The quantitative estimate of drug-likeness (QED) is 0.136. The lowest BCUT2D eigenvalue weighted by molar-refractivity contribution is -0.160. The summed E-state index contributed by atoms with van der Waals surface area (Å²) in [6.07, 6.45) is 14.7. The third kappa shape index (κ3) is 23.4. The minimum atomic E-state index is -0.922. The number of carboxylic acid groups (broad SMARTS) is 1. The Morgan fingerprint density at radius 3 is 1.47 bits per heavy atom.